The molecular formula is C18H20O4. The highest BCUT2D eigenvalue weighted by atomic mass is 16.4. The number of carbonyl (C=O) groups is 2. The van der Waals surface area contributed by atoms with E-state index in [9.17, 15) is 9.59 Å². The van der Waals surface area contributed by atoms with Crippen LogP contribution in [0.2, 0.25) is 0 Å². The Morgan fingerprint density at radius 3 is 2.41 bits per heavy atom. The summed E-state index contributed by atoms with van der Waals surface area (Å²) in [5, 5.41) is 17.5. The molecule has 1 aromatic carbocycles. The highest BCUT2D eigenvalue weighted by Gasteiger charge is 2.34. The van der Waals surface area contributed by atoms with Crippen LogP contribution < -0.4 is 0 Å². The van der Waals surface area contributed by atoms with Gasteiger partial charge in [0.2, 0.25) is 0 Å². The van der Waals surface area contributed by atoms with Crippen LogP contribution in [0.25, 0.3) is 0 Å². The lowest BCUT2D eigenvalue weighted by atomic mass is 9.80. The van der Waals surface area contributed by atoms with Crippen molar-refractivity contribution >= 4 is 11.9 Å². The first-order valence-electron chi connectivity index (χ1n) is 6.89. The van der Waals surface area contributed by atoms with E-state index in [1.807, 2.05) is 24.3 Å². The number of carboxylic acids is 2. The number of aliphatic carboxylic acids is 2. The van der Waals surface area contributed by atoms with Crippen molar-refractivity contribution < 1.29 is 19.8 Å². The van der Waals surface area contributed by atoms with Gasteiger partial charge in [0.05, 0.1) is 5.41 Å². The molecule has 1 aliphatic carbocycles. The maximum absolute atomic E-state index is 10.8. The number of rotatable bonds is 4. The number of hydrogen-bond donors (Lipinski definition) is 2. The van der Waals surface area contributed by atoms with Crippen LogP contribution in [-0.2, 0) is 16.0 Å². The summed E-state index contributed by atoms with van der Waals surface area (Å²) in [6.07, 6.45) is 7.32. The smallest absolute Gasteiger partial charge is 0.331 e. The van der Waals surface area contributed by atoms with Gasteiger partial charge in [-0.1, -0.05) is 54.6 Å². The zero-order valence-electron chi connectivity index (χ0n) is 12.5. The van der Waals surface area contributed by atoms with Gasteiger partial charge in [0, 0.05) is 5.57 Å². The molecule has 1 aromatic rings. The van der Waals surface area contributed by atoms with E-state index in [0.29, 0.717) is 0 Å². The van der Waals surface area contributed by atoms with Gasteiger partial charge in [0.15, 0.2) is 0 Å². The van der Waals surface area contributed by atoms with Gasteiger partial charge in [-0.15, -0.1) is 6.58 Å². The predicted octanol–water partition coefficient (Wildman–Crippen LogP) is 3.46. The van der Waals surface area contributed by atoms with Crippen molar-refractivity contribution in [3.05, 3.63) is 72.4 Å². The molecule has 0 fully saturated rings. The molecule has 2 N–H and O–H groups in total. The minimum absolute atomic E-state index is 0.0359. The van der Waals surface area contributed by atoms with Gasteiger partial charge < -0.3 is 10.2 Å². The quantitative estimate of drug-likeness (QED) is 0.835. The molecule has 0 saturated carbocycles. The van der Waals surface area contributed by atoms with Crippen LogP contribution in [-0.4, -0.2) is 22.2 Å². The largest absolute Gasteiger partial charge is 0.481 e. The summed E-state index contributed by atoms with van der Waals surface area (Å²) < 4.78 is 0. The first-order chi connectivity index (χ1) is 10.4. The lowest BCUT2D eigenvalue weighted by molar-refractivity contribution is -0.145. The first-order valence-corrected chi connectivity index (χ1v) is 6.89. The van der Waals surface area contributed by atoms with Crippen molar-refractivity contribution in [3.63, 3.8) is 0 Å². The van der Waals surface area contributed by atoms with Crippen molar-refractivity contribution in [2.75, 3.05) is 0 Å². The maximum Gasteiger partial charge on any atom is 0.331 e. The third-order valence-corrected chi connectivity index (χ3v) is 3.31. The zero-order valence-corrected chi connectivity index (χ0v) is 12.5. The van der Waals surface area contributed by atoms with Crippen molar-refractivity contribution in [3.8, 4) is 0 Å². The second kappa shape index (κ2) is 7.98. The molecule has 0 spiro atoms. The van der Waals surface area contributed by atoms with E-state index in [4.69, 9.17) is 10.2 Å². The second-order valence-electron chi connectivity index (χ2n) is 5.23. The van der Waals surface area contributed by atoms with E-state index in [1.54, 1.807) is 0 Å². The van der Waals surface area contributed by atoms with Gasteiger partial charge in [-0.2, -0.15) is 0 Å². The Kier molecular flexibility index (Phi) is 6.32. The highest BCUT2D eigenvalue weighted by molar-refractivity contribution is 5.90. The monoisotopic (exact) mass is 300 g/mol. The van der Waals surface area contributed by atoms with E-state index in [1.165, 1.54) is 30.7 Å². The molecule has 0 aliphatic heterocycles. The van der Waals surface area contributed by atoms with Crippen LogP contribution in [0.4, 0.5) is 0 Å². The number of carboxylic acid groups (broad SMARTS) is 2. The standard InChI is InChI=1S/C9H10O4.C9H10/c1-9(8(12)13)4-2-3-6(5-9)7(10)11;1-2-6-9-7-4-3-5-8-9/h2-4H,5H2,1H3,(H,10,11)(H,12,13);2-5,7-8H,1,6H2. The van der Waals surface area contributed by atoms with E-state index < -0.39 is 17.4 Å². The average Bonchev–Trinajstić information content (AvgIpc) is 2.49. The van der Waals surface area contributed by atoms with Crippen LogP contribution in [0, 0.1) is 5.41 Å². The number of benzene rings is 1. The zero-order chi connectivity index (χ0) is 16.6. The summed E-state index contributed by atoms with van der Waals surface area (Å²) in [6, 6.07) is 10.3. The van der Waals surface area contributed by atoms with Crippen molar-refractivity contribution in [2.24, 2.45) is 5.41 Å². The summed E-state index contributed by atoms with van der Waals surface area (Å²) >= 11 is 0. The molecule has 1 atom stereocenters. The minimum atomic E-state index is -1.08. The van der Waals surface area contributed by atoms with Crippen molar-refractivity contribution in [1.29, 1.82) is 0 Å². The summed E-state index contributed by atoms with van der Waals surface area (Å²) in [6.45, 7) is 5.16. The van der Waals surface area contributed by atoms with E-state index in [-0.39, 0.29) is 12.0 Å². The summed E-state index contributed by atoms with van der Waals surface area (Å²) in [5.41, 5.74) is 0.377. The first kappa shape index (κ1) is 17.4. The molecule has 22 heavy (non-hydrogen) atoms. The third-order valence-electron chi connectivity index (χ3n) is 3.31. The maximum atomic E-state index is 10.8. The van der Waals surface area contributed by atoms with Gasteiger partial charge in [-0.05, 0) is 25.3 Å². The molecule has 1 unspecified atom stereocenters. The molecule has 2 rings (SSSR count). The lowest BCUT2D eigenvalue weighted by Crippen LogP contribution is -2.28. The van der Waals surface area contributed by atoms with Crippen LogP contribution in [0.3, 0.4) is 0 Å². The molecule has 0 amide bonds. The minimum Gasteiger partial charge on any atom is -0.481 e. The lowest BCUT2D eigenvalue weighted by Gasteiger charge is -2.23. The SMILES string of the molecule is C=CCc1ccccc1.CC1(C(=O)O)C=CC=C(C(=O)O)C1. The van der Waals surface area contributed by atoms with Crippen LogP contribution in [0.5, 0.6) is 0 Å². The molecule has 0 saturated heterocycles. The summed E-state index contributed by atoms with van der Waals surface area (Å²) in [7, 11) is 0. The van der Waals surface area contributed by atoms with Crippen molar-refractivity contribution in [1.82, 2.24) is 0 Å². The van der Waals surface area contributed by atoms with E-state index in [0.717, 1.165) is 6.42 Å². The van der Waals surface area contributed by atoms with Gasteiger partial charge in [-0.25, -0.2) is 4.79 Å². The predicted molar refractivity (Wildman–Crippen MR) is 85.6 cm³/mol. The molecule has 0 heterocycles. The Labute approximate surface area is 130 Å². The fraction of sp³-hybridized carbons (Fsp3) is 0.222. The Balaban J connectivity index is 0.000000235. The van der Waals surface area contributed by atoms with E-state index >= 15 is 0 Å². The Morgan fingerprint density at radius 2 is 1.91 bits per heavy atom. The van der Waals surface area contributed by atoms with Crippen LogP contribution >= 0.6 is 0 Å². The van der Waals surface area contributed by atoms with Gasteiger partial charge in [0.1, 0.15) is 0 Å². The van der Waals surface area contributed by atoms with Crippen LogP contribution in [0.15, 0.2) is 66.8 Å². The Hall–Kier alpha value is -2.62. The number of allylic oxidation sites excluding steroid dienone is 3. The molecule has 0 radical (unpaired) electrons. The highest BCUT2D eigenvalue weighted by Crippen LogP contribution is 2.31. The van der Waals surface area contributed by atoms with Gasteiger partial charge in [0.25, 0.3) is 0 Å². The fourth-order valence-electron chi connectivity index (χ4n) is 1.96. The Bertz CT molecular complexity index is 599. The fourth-order valence-corrected chi connectivity index (χ4v) is 1.96. The topological polar surface area (TPSA) is 74.6 Å². The normalized spacial score (nSPS) is 19.4. The Morgan fingerprint density at radius 1 is 1.27 bits per heavy atom. The molecule has 0 bridgehead atoms. The molecule has 4 heteroatoms. The summed E-state index contributed by atoms with van der Waals surface area (Å²) in [4.78, 5) is 21.3. The van der Waals surface area contributed by atoms with Gasteiger partial charge in [-0.3, -0.25) is 4.79 Å². The summed E-state index contributed by atoms with van der Waals surface area (Å²) in [5.74, 6) is -2.06. The average molecular weight is 300 g/mol. The third kappa shape index (κ3) is 5.05. The van der Waals surface area contributed by atoms with Gasteiger partial charge >= 0.3 is 11.9 Å². The van der Waals surface area contributed by atoms with E-state index in [2.05, 4.69) is 18.7 Å². The molecule has 0 aromatic heterocycles. The van der Waals surface area contributed by atoms with Crippen molar-refractivity contribution in [2.45, 2.75) is 19.8 Å². The molecule has 4 nitrogen and oxygen atoms in total. The van der Waals surface area contributed by atoms with Crippen LogP contribution in [0.1, 0.15) is 18.9 Å². The molecule has 1 aliphatic rings. The molecular weight excluding hydrogens is 280 g/mol. The molecule has 116 valence electrons. The number of hydrogen-bond acceptors (Lipinski definition) is 2. The second-order valence-corrected chi connectivity index (χ2v) is 5.23.